The number of rotatable bonds is 3. The molecule has 0 atom stereocenters. The maximum absolute atomic E-state index is 13.1. The highest BCUT2D eigenvalue weighted by atomic mass is 35.5. The van der Waals surface area contributed by atoms with Crippen LogP contribution in [0.1, 0.15) is 12.8 Å². The summed E-state index contributed by atoms with van der Waals surface area (Å²) in [6, 6.07) is 4.59. The van der Waals surface area contributed by atoms with Gasteiger partial charge in [-0.1, -0.05) is 0 Å². The molecule has 0 aliphatic heterocycles. The van der Waals surface area contributed by atoms with Crippen LogP contribution in [0, 0.1) is 11.7 Å². The van der Waals surface area contributed by atoms with E-state index in [1.165, 1.54) is 12.1 Å². The Labute approximate surface area is 110 Å². The number of H-pyrrole nitrogens is 1. The predicted molar refractivity (Wildman–Crippen MR) is 71.7 cm³/mol. The number of nitrogens with one attached hydrogen (secondary N) is 1. The monoisotopic (exact) mass is 267 g/mol. The number of halogens is 2. The number of anilines is 1. The van der Waals surface area contributed by atoms with E-state index in [0.29, 0.717) is 11.3 Å². The van der Waals surface area contributed by atoms with Crippen LogP contribution in [0.5, 0.6) is 0 Å². The highest BCUT2D eigenvalue weighted by Crippen LogP contribution is 2.33. The lowest BCUT2D eigenvalue weighted by Gasteiger charge is -2.33. The van der Waals surface area contributed by atoms with E-state index in [9.17, 15) is 4.39 Å². The van der Waals surface area contributed by atoms with Crippen molar-refractivity contribution >= 4 is 28.6 Å². The third kappa shape index (κ3) is 2.17. The van der Waals surface area contributed by atoms with E-state index in [2.05, 4.69) is 14.9 Å². The SMILES string of the molecule is CN(CC1CC(Cl)C1)c1nc2ccc(F)cc2[nH]1. The summed E-state index contributed by atoms with van der Waals surface area (Å²) in [6.07, 6.45) is 2.14. The minimum Gasteiger partial charge on any atom is -0.345 e. The van der Waals surface area contributed by atoms with Gasteiger partial charge in [-0.2, -0.15) is 0 Å². The maximum Gasteiger partial charge on any atom is 0.203 e. The van der Waals surface area contributed by atoms with Crippen molar-refractivity contribution in [2.24, 2.45) is 5.92 Å². The van der Waals surface area contributed by atoms with Gasteiger partial charge in [0.1, 0.15) is 5.82 Å². The lowest BCUT2D eigenvalue weighted by atomic mass is 9.84. The number of benzene rings is 1. The van der Waals surface area contributed by atoms with E-state index in [0.717, 1.165) is 36.4 Å². The zero-order chi connectivity index (χ0) is 12.7. The Morgan fingerprint density at radius 2 is 2.28 bits per heavy atom. The second-order valence-corrected chi connectivity index (χ2v) is 5.65. The Hall–Kier alpha value is -1.29. The van der Waals surface area contributed by atoms with Gasteiger partial charge in [-0.15, -0.1) is 11.6 Å². The molecule has 0 amide bonds. The Kier molecular flexibility index (Phi) is 2.90. The molecule has 1 aromatic heterocycles. The molecule has 1 aliphatic carbocycles. The number of aromatic amines is 1. The van der Waals surface area contributed by atoms with Crippen molar-refractivity contribution in [3.05, 3.63) is 24.0 Å². The van der Waals surface area contributed by atoms with Crippen LogP contribution in [0.15, 0.2) is 18.2 Å². The molecule has 18 heavy (non-hydrogen) atoms. The van der Waals surface area contributed by atoms with Gasteiger partial charge in [-0.3, -0.25) is 0 Å². The number of fused-ring (bicyclic) bond motifs is 1. The molecule has 0 radical (unpaired) electrons. The summed E-state index contributed by atoms with van der Waals surface area (Å²) in [7, 11) is 2.00. The lowest BCUT2D eigenvalue weighted by molar-refractivity contribution is 0.328. The van der Waals surface area contributed by atoms with Gasteiger partial charge >= 0.3 is 0 Å². The number of hydrogen-bond donors (Lipinski definition) is 1. The van der Waals surface area contributed by atoms with E-state index in [1.54, 1.807) is 6.07 Å². The van der Waals surface area contributed by atoms with Crippen LogP contribution in [-0.2, 0) is 0 Å². The molecule has 0 bridgehead atoms. The number of alkyl halides is 1. The quantitative estimate of drug-likeness (QED) is 0.867. The van der Waals surface area contributed by atoms with Crippen LogP contribution >= 0.6 is 11.6 Å². The highest BCUT2D eigenvalue weighted by molar-refractivity contribution is 6.21. The molecule has 3 rings (SSSR count). The first-order valence-corrected chi connectivity index (χ1v) is 6.56. The van der Waals surface area contributed by atoms with Crippen molar-refractivity contribution in [1.29, 1.82) is 0 Å². The molecule has 0 spiro atoms. The summed E-state index contributed by atoms with van der Waals surface area (Å²) in [5, 5.41) is 0.341. The van der Waals surface area contributed by atoms with Crippen LogP contribution in [0.25, 0.3) is 11.0 Å². The van der Waals surface area contributed by atoms with Gasteiger partial charge < -0.3 is 9.88 Å². The number of hydrogen-bond acceptors (Lipinski definition) is 2. The van der Waals surface area contributed by atoms with Crippen molar-refractivity contribution in [3.63, 3.8) is 0 Å². The van der Waals surface area contributed by atoms with E-state index < -0.39 is 0 Å². The largest absolute Gasteiger partial charge is 0.345 e. The maximum atomic E-state index is 13.1. The average molecular weight is 268 g/mol. The smallest absolute Gasteiger partial charge is 0.203 e. The van der Waals surface area contributed by atoms with E-state index in [4.69, 9.17) is 11.6 Å². The second-order valence-electron chi connectivity index (χ2n) is 5.04. The van der Waals surface area contributed by atoms with Gasteiger partial charge in [-0.25, -0.2) is 9.37 Å². The van der Waals surface area contributed by atoms with Crippen molar-refractivity contribution in [1.82, 2.24) is 9.97 Å². The summed E-state index contributed by atoms with van der Waals surface area (Å²) in [5.41, 5.74) is 1.53. The molecule has 96 valence electrons. The molecule has 0 saturated heterocycles. The standard InChI is InChI=1S/C13H15ClFN3/c1-18(7-8-4-9(14)5-8)13-16-11-3-2-10(15)6-12(11)17-13/h2-3,6,8-9H,4-5,7H2,1H3,(H,16,17). The predicted octanol–water partition coefficient (Wildman–Crippen LogP) is 3.16. The summed E-state index contributed by atoms with van der Waals surface area (Å²) < 4.78 is 13.1. The fourth-order valence-corrected chi connectivity index (χ4v) is 2.93. The molecule has 1 fully saturated rings. The first kappa shape index (κ1) is 11.8. The summed E-state index contributed by atoms with van der Waals surface area (Å²) >= 11 is 5.97. The van der Waals surface area contributed by atoms with Gasteiger partial charge in [0.15, 0.2) is 0 Å². The normalized spacial score (nSPS) is 23.1. The molecule has 1 N–H and O–H groups in total. The molecule has 3 nitrogen and oxygen atoms in total. The van der Waals surface area contributed by atoms with Crippen LogP contribution in [0.2, 0.25) is 0 Å². The van der Waals surface area contributed by atoms with Crippen molar-refractivity contribution in [2.75, 3.05) is 18.5 Å². The summed E-state index contributed by atoms with van der Waals surface area (Å²) in [6.45, 7) is 0.936. The van der Waals surface area contributed by atoms with Crippen LogP contribution in [-0.4, -0.2) is 28.9 Å². The van der Waals surface area contributed by atoms with Gasteiger partial charge in [0.05, 0.1) is 11.0 Å². The Morgan fingerprint density at radius 1 is 1.50 bits per heavy atom. The summed E-state index contributed by atoms with van der Waals surface area (Å²) in [4.78, 5) is 9.67. The molecule has 2 aromatic rings. The Balaban J connectivity index is 1.76. The van der Waals surface area contributed by atoms with E-state index in [-0.39, 0.29) is 5.82 Å². The van der Waals surface area contributed by atoms with Crippen LogP contribution in [0.4, 0.5) is 10.3 Å². The van der Waals surface area contributed by atoms with Gasteiger partial charge in [0.2, 0.25) is 5.95 Å². The van der Waals surface area contributed by atoms with E-state index in [1.807, 2.05) is 7.05 Å². The van der Waals surface area contributed by atoms with Gasteiger partial charge in [0, 0.05) is 19.0 Å². The second kappa shape index (κ2) is 4.43. The molecular formula is C13H15ClFN3. The molecule has 1 aromatic carbocycles. The fourth-order valence-electron chi connectivity index (χ4n) is 2.43. The molecular weight excluding hydrogens is 253 g/mol. The minimum absolute atomic E-state index is 0.246. The topological polar surface area (TPSA) is 31.9 Å². The van der Waals surface area contributed by atoms with Crippen molar-refractivity contribution in [3.8, 4) is 0 Å². The molecule has 5 heteroatoms. The first-order valence-electron chi connectivity index (χ1n) is 6.12. The third-order valence-electron chi connectivity index (χ3n) is 3.50. The number of nitrogens with zero attached hydrogens (tertiary/aromatic N) is 2. The van der Waals surface area contributed by atoms with Gasteiger partial charge in [0.25, 0.3) is 0 Å². The van der Waals surface area contributed by atoms with Crippen LogP contribution in [0.3, 0.4) is 0 Å². The lowest BCUT2D eigenvalue weighted by Crippen LogP contribution is -2.35. The Bertz CT molecular complexity index is 562. The van der Waals surface area contributed by atoms with Crippen molar-refractivity contribution in [2.45, 2.75) is 18.2 Å². The number of imidazole rings is 1. The number of aromatic nitrogens is 2. The Morgan fingerprint density at radius 3 is 3.00 bits per heavy atom. The van der Waals surface area contributed by atoms with E-state index >= 15 is 0 Å². The zero-order valence-corrected chi connectivity index (χ0v) is 10.9. The van der Waals surface area contributed by atoms with Crippen molar-refractivity contribution < 1.29 is 4.39 Å². The highest BCUT2D eigenvalue weighted by Gasteiger charge is 2.28. The molecule has 1 aliphatic rings. The van der Waals surface area contributed by atoms with Crippen LogP contribution < -0.4 is 4.90 Å². The average Bonchev–Trinajstić information content (AvgIpc) is 2.69. The van der Waals surface area contributed by atoms with Gasteiger partial charge in [-0.05, 0) is 37.0 Å². The third-order valence-corrected chi connectivity index (χ3v) is 3.86. The minimum atomic E-state index is -0.246. The summed E-state index contributed by atoms with van der Waals surface area (Å²) in [5.74, 6) is 1.18. The first-order chi connectivity index (χ1) is 8.61. The molecule has 1 heterocycles. The fraction of sp³-hybridized carbons (Fsp3) is 0.462. The zero-order valence-electron chi connectivity index (χ0n) is 10.2. The molecule has 0 unspecified atom stereocenters. The molecule has 1 saturated carbocycles.